The summed E-state index contributed by atoms with van der Waals surface area (Å²) in [6.45, 7) is 2.23. The second kappa shape index (κ2) is 5.39. The van der Waals surface area contributed by atoms with Gasteiger partial charge < -0.3 is 16.2 Å². The maximum Gasteiger partial charge on any atom is 0.169 e. The molecule has 1 aromatic rings. The highest BCUT2D eigenvalue weighted by molar-refractivity contribution is 5.55. The Morgan fingerprint density at radius 3 is 2.86 bits per heavy atom. The summed E-state index contributed by atoms with van der Waals surface area (Å²) in [6.07, 6.45) is 4.80. The van der Waals surface area contributed by atoms with E-state index in [0.29, 0.717) is 11.6 Å². The number of nitrogens with zero attached hydrogens (tertiary/aromatic N) is 2. The van der Waals surface area contributed by atoms with Crippen LogP contribution in [0.3, 0.4) is 0 Å². The molecule has 0 saturated heterocycles. The zero-order valence-corrected chi connectivity index (χ0v) is 8.27. The lowest BCUT2D eigenvalue weighted by Crippen LogP contribution is -2.17. The number of aliphatic hydroxyl groups is 1. The lowest BCUT2D eigenvalue weighted by molar-refractivity contribution is 0.282. The van der Waals surface area contributed by atoms with Gasteiger partial charge in [0.25, 0.3) is 0 Å². The van der Waals surface area contributed by atoms with Gasteiger partial charge in [0.05, 0.1) is 0 Å². The van der Waals surface area contributed by atoms with Crippen LogP contribution in [-0.2, 0) is 0 Å². The molecule has 0 saturated carbocycles. The van der Waals surface area contributed by atoms with Crippen molar-refractivity contribution in [2.75, 3.05) is 17.7 Å². The lowest BCUT2D eigenvalue weighted by atomic mass is 10.2. The number of nitrogens with two attached hydrogens (primary N) is 1. The van der Waals surface area contributed by atoms with E-state index in [0.717, 1.165) is 12.8 Å². The second-order valence-electron chi connectivity index (χ2n) is 3.20. The van der Waals surface area contributed by atoms with E-state index in [1.165, 1.54) is 0 Å². The van der Waals surface area contributed by atoms with Crippen LogP contribution in [0.4, 0.5) is 11.6 Å². The first-order valence-electron chi connectivity index (χ1n) is 4.68. The number of nitrogens with one attached hydrogen (secondary N) is 1. The van der Waals surface area contributed by atoms with E-state index in [2.05, 4.69) is 15.3 Å². The van der Waals surface area contributed by atoms with Crippen molar-refractivity contribution in [2.45, 2.75) is 25.8 Å². The minimum Gasteiger partial charge on any atom is -0.396 e. The summed E-state index contributed by atoms with van der Waals surface area (Å²) >= 11 is 0. The van der Waals surface area contributed by atoms with Gasteiger partial charge in [-0.3, -0.25) is 0 Å². The molecule has 5 heteroatoms. The maximum absolute atomic E-state index is 8.66. The summed E-state index contributed by atoms with van der Waals surface area (Å²) < 4.78 is 0. The molecule has 1 atom stereocenters. The first kappa shape index (κ1) is 10.7. The molecule has 1 heterocycles. The summed E-state index contributed by atoms with van der Waals surface area (Å²) in [4.78, 5) is 7.98. The Labute approximate surface area is 83.4 Å². The number of rotatable bonds is 5. The van der Waals surface area contributed by atoms with Crippen molar-refractivity contribution in [3.8, 4) is 0 Å². The fourth-order valence-electron chi connectivity index (χ4n) is 1.16. The molecule has 5 nitrogen and oxygen atoms in total. The van der Waals surface area contributed by atoms with E-state index in [1.807, 2.05) is 6.92 Å². The van der Waals surface area contributed by atoms with Gasteiger partial charge in [0, 0.05) is 25.0 Å². The molecule has 0 bridgehead atoms. The lowest BCUT2D eigenvalue weighted by Gasteiger charge is -2.14. The van der Waals surface area contributed by atoms with Gasteiger partial charge in [-0.1, -0.05) is 0 Å². The Morgan fingerprint density at radius 2 is 2.21 bits per heavy atom. The first-order valence-corrected chi connectivity index (χ1v) is 4.68. The van der Waals surface area contributed by atoms with E-state index < -0.39 is 0 Å². The molecule has 1 aromatic heterocycles. The number of aromatic nitrogens is 2. The third-order valence-corrected chi connectivity index (χ3v) is 1.90. The Morgan fingerprint density at radius 1 is 1.50 bits per heavy atom. The quantitative estimate of drug-likeness (QED) is 0.643. The molecule has 14 heavy (non-hydrogen) atoms. The fraction of sp³-hybridized carbons (Fsp3) is 0.556. The van der Waals surface area contributed by atoms with Gasteiger partial charge >= 0.3 is 0 Å². The van der Waals surface area contributed by atoms with E-state index in [1.54, 1.807) is 12.4 Å². The van der Waals surface area contributed by atoms with Crippen LogP contribution in [0.5, 0.6) is 0 Å². The van der Waals surface area contributed by atoms with E-state index in [4.69, 9.17) is 10.8 Å². The molecule has 78 valence electrons. The molecule has 1 unspecified atom stereocenters. The van der Waals surface area contributed by atoms with Crippen LogP contribution < -0.4 is 11.1 Å². The smallest absolute Gasteiger partial charge is 0.169 e. The van der Waals surface area contributed by atoms with Crippen LogP contribution in [0, 0.1) is 0 Å². The molecular weight excluding hydrogens is 180 g/mol. The first-order chi connectivity index (χ1) is 6.74. The van der Waals surface area contributed by atoms with Crippen molar-refractivity contribution >= 4 is 11.6 Å². The molecule has 0 aliphatic heterocycles. The van der Waals surface area contributed by atoms with Gasteiger partial charge in [-0.25, -0.2) is 9.97 Å². The summed E-state index contributed by atoms with van der Waals surface area (Å²) in [5, 5.41) is 11.8. The third kappa shape index (κ3) is 3.18. The molecule has 0 aliphatic carbocycles. The predicted octanol–water partition coefficient (Wildman–Crippen LogP) is 0.632. The molecule has 1 rings (SSSR count). The number of anilines is 2. The average Bonchev–Trinajstić information content (AvgIpc) is 2.18. The Bertz CT molecular complexity index is 279. The summed E-state index contributed by atoms with van der Waals surface area (Å²) in [6, 6.07) is 0.237. The van der Waals surface area contributed by atoms with Crippen LogP contribution in [-0.4, -0.2) is 27.7 Å². The average molecular weight is 196 g/mol. The predicted molar refractivity (Wildman–Crippen MR) is 55.8 cm³/mol. The van der Waals surface area contributed by atoms with Crippen LogP contribution in [0.25, 0.3) is 0 Å². The highest BCUT2D eigenvalue weighted by atomic mass is 16.2. The van der Waals surface area contributed by atoms with Crippen LogP contribution >= 0.6 is 0 Å². The molecule has 0 radical (unpaired) electrons. The van der Waals surface area contributed by atoms with Gasteiger partial charge in [-0.2, -0.15) is 0 Å². The number of hydrogen-bond acceptors (Lipinski definition) is 5. The molecule has 0 aromatic carbocycles. The van der Waals surface area contributed by atoms with Gasteiger partial charge in [-0.05, 0) is 19.8 Å². The monoisotopic (exact) mass is 196 g/mol. The number of hydrogen-bond donors (Lipinski definition) is 3. The van der Waals surface area contributed by atoms with Crippen LogP contribution in [0.2, 0.25) is 0 Å². The molecule has 4 N–H and O–H groups in total. The standard InChI is InChI=1S/C9H16N4O/c1-7(3-2-6-14)13-9-8(10)11-4-5-12-9/h4-5,7,14H,2-3,6H2,1H3,(H2,10,11)(H,12,13). The van der Waals surface area contributed by atoms with Crippen LogP contribution in [0.1, 0.15) is 19.8 Å². The number of aliphatic hydroxyl groups excluding tert-OH is 1. The largest absolute Gasteiger partial charge is 0.396 e. The van der Waals surface area contributed by atoms with Crippen molar-refractivity contribution in [3.05, 3.63) is 12.4 Å². The minimum absolute atomic E-state index is 0.210. The molecular formula is C9H16N4O. The molecule has 0 aliphatic rings. The van der Waals surface area contributed by atoms with E-state index in [9.17, 15) is 0 Å². The second-order valence-corrected chi connectivity index (χ2v) is 3.20. The topological polar surface area (TPSA) is 84.1 Å². The van der Waals surface area contributed by atoms with Crippen molar-refractivity contribution in [3.63, 3.8) is 0 Å². The number of nitrogen functional groups attached to an aromatic ring is 1. The Kier molecular flexibility index (Phi) is 4.12. The van der Waals surface area contributed by atoms with Crippen molar-refractivity contribution < 1.29 is 5.11 Å². The molecule has 0 amide bonds. The minimum atomic E-state index is 0.210. The fourth-order valence-corrected chi connectivity index (χ4v) is 1.16. The van der Waals surface area contributed by atoms with Gasteiger partial charge in [0.1, 0.15) is 0 Å². The molecule has 0 spiro atoms. The highest BCUT2D eigenvalue weighted by Crippen LogP contribution is 2.12. The van der Waals surface area contributed by atoms with E-state index in [-0.39, 0.29) is 12.6 Å². The normalized spacial score (nSPS) is 12.4. The van der Waals surface area contributed by atoms with Crippen LogP contribution in [0.15, 0.2) is 12.4 Å². The zero-order chi connectivity index (χ0) is 10.4. The highest BCUT2D eigenvalue weighted by Gasteiger charge is 2.05. The maximum atomic E-state index is 8.66. The SMILES string of the molecule is CC(CCCO)Nc1nccnc1N. The molecule has 0 fully saturated rings. The summed E-state index contributed by atoms with van der Waals surface area (Å²) in [5.41, 5.74) is 5.61. The van der Waals surface area contributed by atoms with Crippen molar-refractivity contribution in [2.24, 2.45) is 0 Å². The summed E-state index contributed by atoms with van der Waals surface area (Å²) in [7, 11) is 0. The van der Waals surface area contributed by atoms with Gasteiger partial charge in [-0.15, -0.1) is 0 Å². The Balaban J connectivity index is 2.47. The van der Waals surface area contributed by atoms with E-state index >= 15 is 0 Å². The summed E-state index contributed by atoms with van der Waals surface area (Å²) in [5.74, 6) is 1.02. The van der Waals surface area contributed by atoms with Crippen molar-refractivity contribution in [1.82, 2.24) is 9.97 Å². The van der Waals surface area contributed by atoms with Crippen molar-refractivity contribution in [1.29, 1.82) is 0 Å². The zero-order valence-electron chi connectivity index (χ0n) is 8.27. The third-order valence-electron chi connectivity index (χ3n) is 1.90. The van der Waals surface area contributed by atoms with Gasteiger partial charge in [0.2, 0.25) is 0 Å². The Hall–Kier alpha value is -1.36. The van der Waals surface area contributed by atoms with Gasteiger partial charge in [0.15, 0.2) is 11.6 Å².